The summed E-state index contributed by atoms with van der Waals surface area (Å²) in [6, 6.07) is 5.39. The molecule has 1 fully saturated rings. The van der Waals surface area contributed by atoms with Crippen LogP contribution in [0.1, 0.15) is 19.4 Å². The molecule has 1 aliphatic heterocycles. The average molecular weight is 450 g/mol. The summed E-state index contributed by atoms with van der Waals surface area (Å²) in [7, 11) is 1.73. The molecule has 2 rings (SSSR count). The van der Waals surface area contributed by atoms with E-state index in [1.54, 1.807) is 13.1 Å². The molecule has 136 valence electrons. The summed E-state index contributed by atoms with van der Waals surface area (Å²) in [5.74, 6) is 1.09. The van der Waals surface area contributed by atoms with Gasteiger partial charge in [0.05, 0.1) is 18.9 Å². The van der Waals surface area contributed by atoms with Gasteiger partial charge in [-0.25, -0.2) is 4.39 Å². The van der Waals surface area contributed by atoms with Crippen LogP contribution in [0.5, 0.6) is 0 Å². The predicted molar refractivity (Wildman–Crippen MR) is 108 cm³/mol. The lowest BCUT2D eigenvalue weighted by molar-refractivity contribution is 0.122. The van der Waals surface area contributed by atoms with Crippen molar-refractivity contribution in [2.75, 3.05) is 44.8 Å². The quantitative estimate of drug-likeness (QED) is 0.412. The molecule has 0 radical (unpaired) electrons. The highest BCUT2D eigenvalue weighted by Crippen LogP contribution is 2.21. The molecule has 0 aliphatic carbocycles. The second kappa shape index (κ2) is 10.7. The fourth-order valence-corrected chi connectivity index (χ4v) is 2.43. The Labute approximate surface area is 161 Å². The number of morpholine rings is 1. The number of ether oxygens (including phenoxy) is 1. The van der Waals surface area contributed by atoms with Crippen LogP contribution in [0.15, 0.2) is 23.2 Å². The van der Waals surface area contributed by atoms with Gasteiger partial charge in [-0.3, -0.25) is 4.99 Å². The van der Waals surface area contributed by atoms with Crippen molar-refractivity contribution >= 4 is 35.6 Å². The van der Waals surface area contributed by atoms with E-state index in [4.69, 9.17) is 4.74 Å². The molecule has 7 heteroatoms. The number of aliphatic imine (C=N–C) groups is 1. The molecule has 0 amide bonds. The maximum atomic E-state index is 14.3. The van der Waals surface area contributed by atoms with Crippen molar-refractivity contribution in [2.45, 2.75) is 20.4 Å². The predicted octanol–water partition coefficient (Wildman–Crippen LogP) is 2.60. The summed E-state index contributed by atoms with van der Waals surface area (Å²) >= 11 is 0. The van der Waals surface area contributed by atoms with E-state index in [0.29, 0.717) is 31.4 Å². The van der Waals surface area contributed by atoms with E-state index in [1.165, 1.54) is 0 Å². The number of halogens is 2. The van der Waals surface area contributed by atoms with Crippen molar-refractivity contribution in [3.63, 3.8) is 0 Å². The standard InChI is InChI=1S/C17H27FN4O.HI/c1-13(2)11-20-17(19-3)21-12-14-4-5-16(15(18)10-14)22-6-8-23-9-7-22;/h4-5,10,13H,6-9,11-12H2,1-3H3,(H2,19,20,21);1H. The van der Waals surface area contributed by atoms with Crippen molar-refractivity contribution in [3.8, 4) is 0 Å². The van der Waals surface area contributed by atoms with Gasteiger partial charge < -0.3 is 20.3 Å². The molecule has 0 atom stereocenters. The number of hydrogen-bond donors (Lipinski definition) is 2. The highest BCUT2D eigenvalue weighted by Gasteiger charge is 2.15. The number of nitrogens with zero attached hydrogens (tertiary/aromatic N) is 2. The van der Waals surface area contributed by atoms with E-state index >= 15 is 0 Å². The molecule has 0 saturated carbocycles. The first-order valence-electron chi connectivity index (χ1n) is 8.15. The molecule has 0 aromatic heterocycles. The largest absolute Gasteiger partial charge is 0.378 e. The lowest BCUT2D eigenvalue weighted by Gasteiger charge is -2.29. The third kappa shape index (κ3) is 6.43. The Kier molecular flexibility index (Phi) is 9.35. The van der Waals surface area contributed by atoms with Gasteiger partial charge >= 0.3 is 0 Å². The zero-order chi connectivity index (χ0) is 16.7. The van der Waals surface area contributed by atoms with Crippen LogP contribution < -0.4 is 15.5 Å². The first-order chi connectivity index (χ1) is 11.1. The Balaban J connectivity index is 0.00000288. The molecule has 1 aromatic rings. The second-order valence-corrected chi connectivity index (χ2v) is 6.09. The summed E-state index contributed by atoms with van der Waals surface area (Å²) in [5, 5.41) is 6.45. The molecule has 5 nitrogen and oxygen atoms in total. The molecule has 2 N–H and O–H groups in total. The van der Waals surface area contributed by atoms with Gasteiger partial charge in [0.1, 0.15) is 5.82 Å². The average Bonchev–Trinajstić information content (AvgIpc) is 2.55. The van der Waals surface area contributed by atoms with Crippen LogP contribution in [0.2, 0.25) is 0 Å². The molecule has 0 spiro atoms. The summed E-state index contributed by atoms with van der Waals surface area (Å²) in [4.78, 5) is 6.19. The lowest BCUT2D eigenvalue weighted by Crippen LogP contribution is -2.38. The van der Waals surface area contributed by atoms with Crippen molar-refractivity contribution < 1.29 is 9.13 Å². The minimum Gasteiger partial charge on any atom is -0.378 e. The van der Waals surface area contributed by atoms with E-state index in [1.807, 2.05) is 17.0 Å². The van der Waals surface area contributed by atoms with Gasteiger partial charge in [-0.2, -0.15) is 0 Å². The lowest BCUT2D eigenvalue weighted by atomic mass is 10.1. The zero-order valence-corrected chi connectivity index (χ0v) is 17.0. The molecule has 0 unspecified atom stereocenters. The molecule has 0 bridgehead atoms. The van der Waals surface area contributed by atoms with Gasteiger partial charge in [-0.1, -0.05) is 19.9 Å². The third-order valence-electron chi connectivity index (χ3n) is 3.73. The van der Waals surface area contributed by atoms with Crippen LogP contribution in [0.4, 0.5) is 10.1 Å². The monoisotopic (exact) mass is 450 g/mol. The van der Waals surface area contributed by atoms with Crippen molar-refractivity contribution in [3.05, 3.63) is 29.6 Å². The van der Waals surface area contributed by atoms with E-state index in [9.17, 15) is 4.39 Å². The first kappa shape index (κ1) is 21.0. The number of nitrogens with one attached hydrogen (secondary N) is 2. The normalized spacial score (nSPS) is 15.2. The SMILES string of the molecule is CN=C(NCc1ccc(N2CCOCC2)c(F)c1)NCC(C)C.I. The molecular formula is C17H28FIN4O. The minimum atomic E-state index is -0.184. The van der Waals surface area contributed by atoms with Crippen LogP contribution >= 0.6 is 24.0 Å². The van der Waals surface area contributed by atoms with Gasteiger partial charge in [0.25, 0.3) is 0 Å². The number of rotatable bonds is 5. The number of anilines is 1. The van der Waals surface area contributed by atoms with Crippen LogP contribution in [-0.2, 0) is 11.3 Å². The van der Waals surface area contributed by atoms with Gasteiger partial charge in [-0.05, 0) is 23.6 Å². The first-order valence-corrected chi connectivity index (χ1v) is 8.15. The van der Waals surface area contributed by atoms with Gasteiger partial charge in [0.15, 0.2) is 5.96 Å². The summed E-state index contributed by atoms with van der Waals surface area (Å²) in [5.41, 5.74) is 1.55. The maximum absolute atomic E-state index is 14.3. The van der Waals surface area contributed by atoms with Gasteiger partial charge in [-0.15, -0.1) is 24.0 Å². The van der Waals surface area contributed by atoms with E-state index in [0.717, 1.165) is 31.2 Å². The fourth-order valence-electron chi connectivity index (χ4n) is 2.43. The highest BCUT2D eigenvalue weighted by molar-refractivity contribution is 14.0. The Morgan fingerprint density at radius 1 is 1.29 bits per heavy atom. The van der Waals surface area contributed by atoms with Gasteiger partial charge in [0.2, 0.25) is 0 Å². The topological polar surface area (TPSA) is 48.9 Å². The molecule has 1 aliphatic rings. The molecule has 24 heavy (non-hydrogen) atoms. The molecular weight excluding hydrogens is 422 g/mol. The number of benzene rings is 1. The van der Waals surface area contributed by atoms with Crippen LogP contribution in [0.3, 0.4) is 0 Å². The van der Waals surface area contributed by atoms with Crippen LogP contribution in [-0.4, -0.2) is 45.9 Å². The summed E-state index contributed by atoms with van der Waals surface area (Å²) in [6.07, 6.45) is 0. The number of hydrogen-bond acceptors (Lipinski definition) is 3. The fraction of sp³-hybridized carbons (Fsp3) is 0.588. The van der Waals surface area contributed by atoms with Crippen molar-refractivity contribution in [1.29, 1.82) is 0 Å². The third-order valence-corrected chi connectivity index (χ3v) is 3.73. The second-order valence-electron chi connectivity index (χ2n) is 6.09. The molecule has 1 saturated heterocycles. The van der Waals surface area contributed by atoms with Crippen LogP contribution in [0, 0.1) is 11.7 Å². The summed E-state index contributed by atoms with van der Waals surface area (Å²) < 4.78 is 19.6. The van der Waals surface area contributed by atoms with E-state index < -0.39 is 0 Å². The molecule has 1 aromatic carbocycles. The van der Waals surface area contributed by atoms with Crippen LogP contribution in [0.25, 0.3) is 0 Å². The highest BCUT2D eigenvalue weighted by atomic mass is 127. The Morgan fingerprint density at radius 2 is 2.00 bits per heavy atom. The maximum Gasteiger partial charge on any atom is 0.191 e. The molecule has 1 heterocycles. The smallest absolute Gasteiger partial charge is 0.191 e. The van der Waals surface area contributed by atoms with Crippen molar-refractivity contribution in [1.82, 2.24) is 10.6 Å². The van der Waals surface area contributed by atoms with Crippen molar-refractivity contribution in [2.24, 2.45) is 10.9 Å². The van der Waals surface area contributed by atoms with E-state index in [-0.39, 0.29) is 29.8 Å². The summed E-state index contributed by atoms with van der Waals surface area (Å²) in [6.45, 7) is 8.45. The van der Waals surface area contributed by atoms with Gasteiger partial charge in [0, 0.05) is 33.2 Å². The Hall–Kier alpha value is -1.09. The Morgan fingerprint density at radius 3 is 2.58 bits per heavy atom. The Bertz CT molecular complexity index is 533. The van der Waals surface area contributed by atoms with E-state index in [2.05, 4.69) is 29.5 Å². The number of guanidine groups is 1. The minimum absolute atomic E-state index is 0. The zero-order valence-electron chi connectivity index (χ0n) is 14.6.